The van der Waals surface area contributed by atoms with E-state index in [4.69, 9.17) is 10.2 Å². The number of benzene rings is 3. The lowest BCUT2D eigenvalue weighted by atomic mass is 10.2. The zero-order valence-electron chi connectivity index (χ0n) is 26.0. The van der Waals surface area contributed by atoms with Crippen LogP contribution in [0.5, 0.6) is 0 Å². The highest BCUT2D eigenvalue weighted by molar-refractivity contribution is 6.01. The van der Waals surface area contributed by atoms with Crippen molar-refractivity contribution in [2.75, 3.05) is 42.1 Å². The lowest BCUT2D eigenvalue weighted by molar-refractivity contribution is -0.141. The maximum atomic E-state index is 13.2. The predicted molar refractivity (Wildman–Crippen MR) is 174 cm³/mol. The SMILES string of the molecule is CC.Cc1ccccc1NC(=O)Nc1ccc(NC(=O)CN(CCC(=O)O)C(=O)CN(CCC(=O)O)C(=O)c2ccccc2)cc1. The van der Waals surface area contributed by atoms with E-state index >= 15 is 0 Å². The molecule has 13 nitrogen and oxygen atoms in total. The largest absolute Gasteiger partial charge is 0.481 e. The quantitative estimate of drug-likeness (QED) is 0.171. The van der Waals surface area contributed by atoms with Gasteiger partial charge in [0.25, 0.3) is 5.91 Å². The van der Waals surface area contributed by atoms with Crippen LogP contribution in [0.3, 0.4) is 0 Å². The molecule has 0 aliphatic heterocycles. The van der Waals surface area contributed by atoms with Crippen molar-refractivity contribution in [3.63, 3.8) is 0 Å². The number of nitrogens with one attached hydrogen (secondary N) is 3. The Morgan fingerprint density at radius 1 is 0.630 bits per heavy atom. The summed E-state index contributed by atoms with van der Waals surface area (Å²) in [6.45, 7) is 4.21. The molecule has 244 valence electrons. The number of aliphatic carboxylic acids is 2. The average Bonchev–Trinajstić information content (AvgIpc) is 3.04. The number of anilines is 3. The van der Waals surface area contributed by atoms with Gasteiger partial charge in [0.05, 0.1) is 19.4 Å². The van der Waals surface area contributed by atoms with Gasteiger partial charge in [-0.2, -0.15) is 0 Å². The molecule has 0 bridgehead atoms. The molecule has 5 amide bonds. The summed E-state index contributed by atoms with van der Waals surface area (Å²) < 4.78 is 0. The van der Waals surface area contributed by atoms with Crippen LogP contribution in [0.15, 0.2) is 78.9 Å². The minimum absolute atomic E-state index is 0.242. The van der Waals surface area contributed by atoms with Gasteiger partial charge in [-0.3, -0.25) is 24.0 Å². The van der Waals surface area contributed by atoms with Gasteiger partial charge in [0.2, 0.25) is 11.8 Å². The molecule has 0 aliphatic carbocycles. The van der Waals surface area contributed by atoms with Crippen LogP contribution in [-0.4, -0.2) is 81.9 Å². The molecule has 0 radical (unpaired) electrons. The van der Waals surface area contributed by atoms with Crippen LogP contribution in [0, 0.1) is 6.92 Å². The van der Waals surface area contributed by atoms with E-state index in [0.29, 0.717) is 17.1 Å². The first kappa shape index (κ1) is 36.5. The summed E-state index contributed by atoms with van der Waals surface area (Å²) >= 11 is 0. The van der Waals surface area contributed by atoms with Gasteiger partial charge in [0.1, 0.15) is 6.54 Å². The first-order chi connectivity index (χ1) is 22.0. The first-order valence-corrected chi connectivity index (χ1v) is 14.6. The zero-order chi connectivity index (χ0) is 34.1. The van der Waals surface area contributed by atoms with Crippen LogP contribution in [0.4, 0.5) is 21.9 Å². The van der Waals surface area contributed by atoms with Crippen LogP contribution >= 0.6 is 0 Å². The number of hydrogen-bond acceptors (Lipinski definition) is 6. The second-order valence-corrected chi connectivity index (χ2v) is 9.72. The van der Waals surface area contributed by atoms with E-state index < -0.39 is 61.6 Å². The van der Waals surface area contributed by atoms with Crippen molar-refractivity contribution in [3.8, 4) is 0 Å². The zero-order valence-corrected chi connectivity index (χ0v) is 26.0. The van der Waals surface area contributed by atoms with Gasteiger partial charge in [-0.25, -0.2) is 4.79 Å². The Bertz CT molecular complexity index is 1500. The van der Waals surface area contributed by atoms with Crippen molar-refractivity contribution < 1.29 is 39.0 Å². The fourth-order valence-electron chi connectivity index (χ4n) is 4.04. The third kappa shape index (κ3) is 12.5. The third-order valence-corrected chi connectivity index (χ3v) is 6.33. The highest BCUT2D eigenvalue weighted by atomic mass is 16.4. The van der Waals surface area contributed by atoms with Crippen molar-refractivity contribution in [1.29, 1.82) is 0 Å². The Morgan fingerprint density at radius 3 is 1.72 bits per heavy atom. The van der Waals surface area contributed by atoms with Crippen LogP contribution in [0.2, 0.25) is 0 Å². The van der Waals surface area contributed by atoms with E-state index in [2.05, 4.69) is 16.0 Å². The van der Waals surface area contributed by atoms with E-state index in [1.165, 1.54) is 24.3 Å². The number of para-hydroxylation sites is 1. The van der Waals surface area contributed by atoms with Crippen molar-refractivity contribution in [2.24, 2.45) is 0 Å². The second kappa shape index (κ2) is 18.8. The summed E-state index contributed by atoms with van der Waals surface area (Å²) in [6.07, 6.45) is -0.869. The van der Waals surface area contributed by atoms with Gasteiger partial charge in [0, 0.05) is 35.7 Å². The maximum absolute atomic E-state index is 13.2. The second-order valence-electron chi connectivity index (χ2n) is 9.72. The highest BCUT2D eigenvalue weighted by Crippen LogP contribution is 2.16. The number of carbonyl (C=O) groups is 6. The molecule has 46 heavy (non-hydrogen) atoms. The number of urea groups is 1. The van der Waals surface area contributed by atoms with Crippen molar-refractivity contribution in [3.05, 3.63) is 90.0 Å². The Labute approximate surface area is 267 Å². The molecule has 0 aromatic heterocycles. The number of carboxylic acids is 2. The normalized spacial score (nSPS) is 9.98. The molecule has 0 fully saturated rings. The number of rotatable bonds is 14. The minimum atomic E-state index is -1.19. The van der Waals surface area contributed by atoms with Crippen molar-refractivity contribution in [2.45, 2.75) is 33.6 Å². The molecule has 3 aromatic rings. The van der Waals surface area contributed by atoms with Crippen LogP contribution < -0.4 is 16.0 Å². The van der Waals surface area contributed by atoms with E-state index in [9.17, 15) is 28.8 Å². The van der Waals surface area contributed by atoms with Gasteiger partial charge in [0.15, 0.2) is 0 Å². The Kier molecular flexibility index (Phi) is 14.9. The Morgan fingerprint density at radius 2 is 1.15 bits per heavy atom. The van der Waals surface area contributed by atoms with Gasteiger partial charge >= 0.3 is 18.0 Å². The predicted octanol–water partition coefficient (Wildman–Crippen LogP) is 4.52. The van der Waals surface area contributed by atoms with Gasteiger partial charge in [-0.15, -0.1) is 0 Å². The summed E-state index contributed by atoms with van der Waals surface area (Å²) in [5.41, 5.74) is 2.61. The summed E-state index contributed by atoms with van der Waals surface area (Å²) in [7, 11) is 0. The molecule has 0 spiro atoms. The topological polar surface area (TPSA) is 185 Å². The Balaban J connectivity index is 0.00000361. The van der Waals surface area contributed by atoms with E-state index in [-0.39, 0.29) is 18.7 Å². The summed E-state index contributed by atoms with van der Waals surface area (Å²) in [6, 6.07) is 21.0. The van der Waals surface area contributed by atoms with Gasteiger partial charge in [-0.05, 0) is 55.0 Å². The molecule has 13 heteroatoms. The molecule has 0 aliphatic rings. The summed E-state index contributed by atoms with van der Waals surface area (Å²) in [5, 5.41) is 26.3. The molecular weight excluding hydrogens is 594 g/mol. The van der Waals surface area contributed by atoms with Crippen molar-refractivity contribution >= 4 is 52.8 Å². The summed E-state index contributed by atoms with van der Waals surface area (Å²) in [5.74, 6) is -4.30. The highest BCUT2D eigenvalue weighted by Gasteiger charge is 2.25. The average molecular weight is 634 g/mol. The van der Waals surface area contributed by atoms with E-state index in [1.807, 2.05) is 32.9 Å². The third-order valence-electron chi connectivity index (χ3n) is 6.33. The van der Waals surface area contributed by atoms with E-state index in [0.717, 1.165) is 15.4 Å². The first-order valence-electron chi connectivity index (χ1n) is 14.6. The maximum Gasteiger partial charge on any atom is 0.323 e. The van der Waals surface area contributed by atoms with Crippen molar-refractivity contribution in [1.82, 2.24) is 9.80 Å². The molecular formula is C33H39N5O8. The molecule has 0 unspecified atom stereocenters. The van der Waals surface area contributed by atoms with Crippen LogP contribution in [0.25, 0.3) is 0 Å². The molecule has 3 aromatic carbocycles. The fourth-order valence-corrected chi connectivity index (χ4v) is 4.04. The number of hydrogen-bond donors (Lipinski definition) is 5. The minimum Gasteiger partial charge on any atom is -0.481 e. The number of carboxylic acid groups (broad SMARTS) is 2. The molecule has 0 saturated heterocycles. The molecule has 3 rings (SSSR count). The lowest BCUT2D eigenvalue weighted by Gasteiger charge is -2.27. The molecule has 5 N–H and O–H groups in total. The summed E-state index contributed by atoms with van der Waals surface area (Å²) in [4.78, 5) is 75.8. The van der Waals surface area contributed by atoms with E-state index in [1.54, 1.807) is 42.5 Å². The number of amides is 5. The monoisotopic (exact) mass is 633 g/mol. The number of aryl methyl sites for hydroxylation is 1. The van der Waals surface area contributed by atoms with Crippen LogP contribution in [-0.2, 0) is 19.2 Å². The fraction of sp³-hybridized carbons (Fsp3) is 0.273. The smallest absolute Gasteiger partial charge is 0.323 e. The lowest BCUT2D eigenvalue weighted by Crippen LogP contribution is -2.46. The van der Waals surface area contributed by atoms with Gasteiger partial charge < -0.3 is 36.0 Å². The Hall–Kier alpha value is -5.72. The standard InChI is InChI=1S/C31H33N5O8.C2H6/c1-21-7-5-6-10-25(21)34-31(44)33-24-13-11-23(12-14-24)32-26(37)19-35(17-15-28(39)40)27(38)20-36(18-16-29(41)42)30(43)22-8-3-2-4-9-22;1-2/h2-14H,15-20H2,1H3,(H,32,37)(H,39,40)(H,41,42)(H2,33,34,44);1-2H3. The molecule has 0 saturated carbocycles. The number of carbonyl (C=O) groups excluding carboxylic acids is 4. The van der Waals surface area contributed by atoms with Gasteiger partial charge in [-0.1, -0.05) is 50.2 Å². The number of nitrogens with zero attached hydrogens (tertiary/aromatic N) is 2. The molecule has 0 heterocycles. The molecule has 0 atom stereocenters. The van der Waals surface area contributed by atoms with Crippen LogP contribution in [0.1, 0.15) is 42.6 Å².